The molecule has 0 spiro atoms. The summed E-state index contributed by atoms with van der Waals surface area (Å²) in [6.07, 6.45) is 0.441. The average molecular weight is 337 g/mol. The van der Waals surface area contributed by atoms with E-state index >= 15 is 0 Å². The molecule has 0 bridgehead atoms. The van der Waals surface area contributed by atoms with Crippen LogP contribution in [0.2, 0.25) is 0 Å². The lowest BCUT2D eigenvalue weighted by atomic mass is 10.1. The average Bonchev–Trinajstić information content (AvgIpc) is 3.07. The van der Waals surface area contributed by atoms with Gasteiger partial charge in [0.25, 0.3) is 0 Å². The smallest absolute Gasteiger partial charge is 0.361 e. The number of benzene rings is 2. The molecule has 0 saturated heterocycles. The highest BCUT2D eigenvalue weighted by Gasteiger charge is 2.04. The van der Waals surface area contributed by atoms with Gasteiger partial charge in [-0.3, -0.25) is 9.89 Å². The fourth-order valence-electron chi connectivity index (χ4n) is 2.37. The number of Topliss-reactive ketones (excluding diaryl/α,β-unsaturated/α-hetero) is 1. The number of nitrogens with zero attached hydrogens (tertiary/aromatic N) is 1. The van der Waals surface area contributed by atoms with Crippen LogP contribution < -0.4 is 16.3 Å². The molecule has 0 unspecified atom stereocenters. The maximum Gasteiger partial charge on any atom is 0.361 e. The Morgan fingerprint density at radius 2 is 1.60 bits per heavy atom. The highest BCUT2D eigenvalue weighted by molar-refractivity contribution is 5.96. The Bertz CT molecular complexity index is 868. The molecule has 25 heavy (non-hydrogen) atoms. The predicted molar refractivity (Wildman–Crippen MR) is 96.9 cm³/mol. The van der Waals surface area contributed by atoms with Crippen LogP contribution in [0, 0.1) is 0 Å². The van der Waals surface area contributed by atoms with Gasteiger partial charge in [0.1, 0.15) is 5.82 Å². The molecule has 7 nitrogen and oxygen atoms in total. The van der Waals surface area contributed by atoms with E-state index < -0.39 is 0 Å². The van der Waals surface area contributed by atoms with Crippen LogP contribution in [0.4, 0.5) is 11.4 Å². The van der Waals surface area contributed by atoms with Gasteiger partial charge < -0.3 is 10.6 Å². The number of anilines is 2. The van der Waals surface area contributed by atoms with Crippen LogP contribution in [0.3, 0.4) is 0 Å². The fourth-order valence-corrected chi connectivity index (χ4v) is 2.37. The molecule has 1 aromatic heterocycles. The molecule has 0 aliphatic carbocycles. The molecular formula is C18H19N5O2. The van der Waals surface area contributed by atoms with Crippen LogP contribution >= 0.6 is 0 Å². The fraction of sp³-hybridized carbons (Fsp3) is 0.167. The van der Waals surface area contributed by atoms with Gasteiger partial charge in [0, 0.05) is 29.9 Å². The molecule has 3 aromatic rings. The summed E-state index contributed by atoms with van der Waals surface area (Å²) in [4.78, 5) is 26.7. The molecule has 0 saturated carbocycles. The Morgan fingerprint density at radius 3 is 2.24 bits per heavy atom. The Balaban J connectivity index is 1.44. The maximum absolute atomic E-state index is 12.0. The molecule has 2 aromatic carbocycles. The minimum Gasteiger partial charge on any atom is -0.385 e. The minimum atomic E-state index is -0.388. The lowest BCUT2D eigenvalue weighted by Gasteiger charge is -2.08. The number of aromatic amines is 2. The van der Waals surface area contributed by atoms with Crippen molar-refractivity contribution in [3.05, 3.63) is 76.5 Å². The standard InChI is InChI=1S/C18H19N5O2/c24-16(13-4-2-1-3-5-13)10-11-19-14-6-8-15(9-7-14)20-12-17-21-18(25)23-22-17/h1-9,19-20H,10-12H2,(H2,21,22,23,25). The van der Waals surface area contributed by atoms with E-state index in [4.69, 9.17) is 0 Å². The highest BCUT2D eigenvalue weighted by Crippen LogP contribution is 2.14. The van der Waals surface area contributed by atoms with Crippen molar-refractivity contribution >= 4 is 17.2 Å². The molecule has 0 aliphatic rings. The number of H-pyrrole nitrogens is 2. The number of ketones is 1. The zero-order valence-electron chi connectivity index (χ0n) is 13.6. The molecule has 0 fully saturated rings. The van der Waals surface area contributed by atoms with Crippen molar-refractivity contribution < 1.29 is 4.79 Å². The summed E-state index contributed by atoms with van der Waals surface area (Å²) in [7, 11) is 0. The SMILES string of the molecule is O=C(CCNc1ccc(NCc2nc(=O)[nH][nH]2)cc1)c1ccccc1. The quantitative estimate of drug-likeness (QED) is 0.473. The number of nitrogens with one attached hydrogen (secondary N) is 4. The van der Waals surface area contributed by atoms with Gasteiger partial charge in [0.15, 0.2) is 5.78 Å². The first-order chi connectivity index (χ1) is 12.2. The van der Waals surface area contributed by atoms with Gasteiger partial charge in [-0.1, -0.05) is 30.3 Å². The van der Waals surface area contributed by atoms with Crippen LogP contribution in [0.15, 0.2) is 59.4 Å². The molecule has 0 aliphatic heterocycles. The van der Waals surface area contributed by atoms with E-state index in [-0.39, 0.29) is 11.5 Å². The summed E-state index contributed by atoms with van der Waals surface area (Å²) in [6.45, 7) is 1.01. The lowest BCUT2D eigenvalue weighted by Crippen LogP contribution is -2.09. The van der Waals surface area contributed by atoms with E-state index in [1.165, 1.54) is 0 Å². The van der Waals surface area contributed by atoms with Crippen molar-refractivity contribution in [2.45, 2.75) is 13.0 Å². The number of rotatable bonds is 8. The largest absolute Gasteiger partial charge is 0.385 e. The van der Waals surface area contributed by atoms with Gasteiger partial charge in [-0.15, -0.1) is 0 Å². The summed E-state index contributed by atoms with van der Waals surface area (Å²) >= 11 is 0. The molecule has 0 amide bonds. The van der Waals surface area contributed by atoms with Crippen molar-refractivity contribution in [1.29, 1.82) is 0 Å². The van der Waals surface area contributed by atoms with Gasteiger partial charge >= 0.3 is 5.69 Å². The van der Waals surface area contributed by atoms with Crippen molar-refractivity contribution in [3.8, 4) is 0 Å². The Kier molecular flexibility index (Phi) is 5.26. The molecule has 0 atom stereocenters. The number of carbonyl (C=O) groups excluding carboxylic acids is 1. The molecular weight excluding hydrogens is 318 g/mol. The Labute approximate surface area is 144 Å². The summed E-state index contributed by atoms with van der Waals surface area (Å²) in [5.41, 5.74) is 2.20. The number of hydrogen-bond donors (Lipinski definition) is 4. The normalized spacial score (nSPS) is 10.4. The van der Waals surface area contributed by atoms with Gasteiger partial charge in [-0.2, -0.15) is 4.98 Å². The topological polar surface area (TPSA) is 103 Å². The summed E-state index contributed by atoms with van der Waals surface area (Å²) in [5.74, 6) is 0.672. The monoisotopic (exact) mass is 337 g/mol. The second-order valence-electron chi connectivity index (χ2n) is 5.51. The second-order valence-corrected chi connectivity index (χ2v) is 5.51. The number of aromatic nitrogens is 3. The van der Waals surface area contributed by atoms with Crippen molar-refractivity contribution in [3.63, 3.8) is 0 Å². The molecule has 3 rings (SSSR count). The van der Waals surface area contributed by atoms with Crippen molar-refractivity contribution in [2.24, 2.45) is 0 Å². The number of hydrogen-bond acceptors (Lipinski definition) is 5. The molecule has 1 heterocycles. The van der Waals surface area contributed by atoms with Gasteiger partial charge in [0.05, 0.1) is 6.54 Å². The lowest BCUT2D eigenvalue weighted by molar-refractivity contribution is 0.0986. The Morgan fingerprint density at radius 1 is 0.920 bits per heavy atom. The Hall–Kier alpha value is -3.35. The molecule has 7 heteroatoms. The third kappa shape index (κ3) is 4.81. The summed E-state index contributed by atoms with van der Waals surface area (Å²) < 4.78 is 0. The highest BCUT2D eigenvalue weighted by atomic mass is 16.1. The van der Waals surface area contributed by atoms with Crippen LogP contribution in [0.1, 0.15) is 22.6 Å². The van der Waals surface area contributed by atoms with Gasteiger partial charge in [-0.25, -0.2) is 9.89 Å². The van der Waals surface area contributed by atoms with Gasteiger partial charge in [0.2, 0.25) is 0 Å². The first-order valence-electron chi connectivity index (χ1n) is 8.00. The van der Waals surface area contributed by atoms with E-state index in [1.54, 1.807) is 0 Å². The zero-order valence-corrected chi connectivity index (χ0v) is 13.6. The summed E-state index contributed by atoms with van der Waals surface area (Å²) in [5, 5.41) is 11.5. The second kappa shape index (κ2) is 7.96. The van der Waals surface area contributed by atoms with Crippen LogP contribution in [0.5, 0.6) is 0 Å². The third-order valence-electron chi connectivity index (χ3n) is 3.67. The molecule has 128 valence electrons. The predicted octanol–water partition coefficient (Wildman–Crippen LogP) is 2.39. The van der Waals surface area contributed by atoms with E-state index in [9.17, 15) is 9.59 Å². The maximum atomic E-state index is 12.0. The molecule has 4 N–H and O–H groups in total. The van der Waals surface area contributed by atoms with E-state index in [0.717, 1.165) is 16.9 Å². The van der Waals surface area contributed by atoms with E-state index in [2.05, 4.69) is 25.8 Å². The first-order valence-corrected chi connectivity index (χ1v) is 8.00. The first kappa shape index (κ1) is 16.5. The van der Waals surface area contributed by atoms with E-state index in [1.807, 2.05) is 54.6 Å². The van der Waals surface area contributed by atoms with Crippen LogP contribution in [0.25, 0.3) is 0 Å². The van der Waals surface area contributed by atoms with Gasteiger partial charge in [-0.05, 0) is 24.3 Å². The van der Waals surface area contributed by atoms with Crippen molar-refractivity contribution in [2.75, 3.05) is 17.2 Å². The van der Waals surface area contributed by atoms with Crippen molar-refractivity contribution in [1.82, 2.24) is 15.2 Å². The number of carbonyl (C=O) groups is 1. The molecule has 0 radical (unpaired) electrons. The zero-order chi connectivity index (χ0) is 17.5. The van der Waals surface area contributed by atoms with Crippen LogP contribution in [-0.2, 0) is 6.54 Å². The summed E-state index contributed by atoms with van der Waals surface area (Å²) in [6, 6.07) is 17.0. The van der Waals surface area contributed by atoms with Crippen LogP contribution in [-0.4, -0.2) is 27.5 Å². The third-order valence-corrected chi connectivity index (χ3v) is 3.67. The van der Waals surface area contributed by atoms with E-state index in [0.29, 0.717) is 25.3 Å². The minimum absolute atomic E-state index is 0.124.